The second-order valence-electron chi connectivity index (χ2n) is 2.74. The van der Waals surface area contributed by atoms with Gasteiger partial charge in [-0.3, -0.25) is 10.1 Å². The molecule has 0 aromatic carbocycles. The zero-order chi connectivity index (χ0) is 8.48. The second-order valence-corrected chi connectivity index (χ2v) is 3.01. The Morgan fingerprint density at radius 3 is 2.73 bits per heavy atom. The Labute approximate surface area is 69.2 Å². The number of alkyl halides is 1. The number of halogens is 1. The van der Waals surface area contributed by atoms with Gasteiger partial charge in [0.05, 0.1) is 5.88 Å². The second kappa shape index (κ2) is 2.97. The molecule has 11 heavy (non-hydrogen) atoms. The lowest BCUT2D eigenvalue weighted by Crippen LogP contribution is -2.47. The van der Waals surface area contributed by atoms with E-state index in [1.165, 1.54) is 0 Å². The Hall–Kier alpha value is -0.320. The number of rotatable bonds is 2. The van der Waals surface area contributed by atoms with Gasteiger partial charge in [0.25, 0.3) is 0 Å². The molecule has 1 heterocycles. The minimum atomic E-state index is -1.18. The molecule has 0 amide bonds. The fraction of sp³-hybridized carbons (Fsp3) is 0.833. The molecule has 1 aliphatic rings. The van der Waals surface area contributed by atoms with Crippen LogP contribution in [0.3, 0.4) is 0 Å². The van der Waals surface area contributed by atoms with Crippen molar-refractivity contribution in [2.45, 2.75) is 24.6 Å². The van der Waals surface area contributed by atoms with Gasteiger partial charge in [-0.25, -0.2) is 0 Å². The third-order valence-corrected chi connectivity index (χ3v) is 2.25. The smallest absolute Gasteiger partial charge is 0.320 e. The summed E-state index contributed by atoms with van der Waals surface area (Å²) in [6.07, 6.45) is 0.825. The van der Waals surface area contributed by atoms with Gasteiger partial charge in [-0.1, -0.05) is 0 Å². The molecule has 0 aromatic rings. The van der Waals surface area contributed by atoms with Crippen LogP contribution in [-0.2, 0) is 4.79 Å². The number of carbonyl (C=O) groups is 1. The van der Waals surface area contributed by atoms with Crippen LogP contribution in [0.2, 0.25) is 0 Å². The van der Waals surface area contributed by atoms with Gasteiger partial charge in [-0.2, -0.15) is 0 Å². The number of nitrogens with one attached hydrogen (secondary N) is 1. The van der Waals surface area contributed by atoms with Crippen LogP contribution < -0.4 is 5.32 Å². The van der Waals surface area contributed by atoms with Crippen LogP contribution in [0, 0.1) is 0 Å². The van der Waals surface area contributed by atoms with Crippen molar-refractivity contribution in [2.24, 2.45) is 0 Å². The molecule has 0 radical (unpaired) electrons. The van der Waals surface area contributed by atoms with Gasteiger partial charge < -0.3 is 10.2 Å². The molecule has 0 aliphatic carbocycles. The van der Waals surface area contributed by atoms with Crippen molar-refractivity contribution in [3.63, 3.8) is 0 Å². The molecule has 1 saturated heterocycles. The van der Waals surface area contributed by atoms with Crippen LogP contribution in [0.15, 0.2) is 0 Å². The Balaban J connectivity index is 2.53. The first-order valence-electron chi connectivity index (χ1n) is 3.36. The SMILES string of the molecule is O=C(O)[C@@H]1CCC(O)(CCl)N1. The molecule has 1 rings (SSSR count). The minimum Gasteiger partial charge on any atom is -0.480 e. The molecular formula is C6H10ClNO3. The average Bonchev–Trinajstić information content (AvgIpc) is 2.33. The van der Waals surface area contributed by atoms with E-state index in [1.807, 2.05) is 0 Å². The third-order valence-electron chi connectivity index (χ3n) is 1.81. The Bertz CT molecular complexity index is 175. The maximum Gasteiger partial charge on any atom is 0.320 e. The summed E-state index contributed by atoms with van der Waals surface area (Å²) in [6, 6.07) is -0.654. The van der Waals surface area contributed by atoms with E-state index in [4.69, 9.17) is 16.7 Å². The topological polar surface area (TPSA) is 69.6 Å². The largest absolute Gasteiger partial charge is 0.480 e. The highest BCUT2D eigenvalue weighted by Gasteiger charge is 2.38. The molecule has 0 spiro atoms. The lowest BCUT2D eigenvalue weighted by molar-refractivity contribution is -0.139. The van der Waals surface area contributed by atoms with E-state index >= 15 is 0 Å². The molecular weight excluding hydrogens is 170 g/mol. The number of hydrogen-bond acceptors (Lipinski definition) is 3. The van der Waals surface area contributed by atoms with E-state index < -0.39 is 17.7 Å². The van der Waals surface area contributed by atoms with Crippen molar-refractivity contribution in [2.75, 3.05) is 5.88 Å². The maximum atomic E-state index is 10.4. The van der Waals surface area contributed by atoms with E-state index in [2.05, 4.69) is 5.32 Å². The van der Waals surface area contributed by atoms with Crippen LogP contribution in [0.1, 0.15) is 12.8 Å². The molecule has 0 aromatic heterocycles. The normalized spacial score (nSPS) is 37.5. The van der Waals surface area contributed by atoms with E-state index in [0.717, 1.165) is 0 Å². The fourth-order valence-electron chi connectivity index (χ4n) is 1.14. The van der Waals surface area contributed by atoms with E-state index in [1.54, 1.807) is 0 Å². The summed E-state index contributed by atoms with van der Waals surface area (Å²) < 4.78 is 0. The maximum absolute atomic E-state index is 10.4. The highest BCUT2D eigenvalue weighted by molar-refractivity contribution is 6.18. The Kier molecular flexibility index (Phi) is 2.37. The lowest BCUT2D eigenvalue weighted by Gasteiger charge is -2.19. The highest BCUT2D eigenvalue weighted by atomic mass is 35.5. The Morgan fingerprint density at radius 1 is 1.82 bits per heavy atom. The minimum absolute atomic E-state index is 0.0246. The Morgan fingerprint density at radius 2 is 2.45 bits per heavy atom. The van der Waals surface area contributed by atoms with Crippen molar-refractivity contribution in [3.05, 3.63) is 0 Å². The molecule has 4 nitrogen and oxygen atoms in total. The van der Waals surface area contributed by atoms with Gasteiger partial charge in [0, 0.05) is 0 Å². The molecule has 0 bridgehead atoms. The van der Waals surface area contributed by atoms with Crippen LogP contribution in [0.25, 0.3) is 0 Å². The summed E-state index contributed by atoms with van der Waals surface area (Å²) in [4.78, 5) is 10.4. The molecule has 1 unspecified atom stereocenters. The summed E-state index contributed by atoms with van der Waals surface area (Å²) in [5.41, 5.74) is -1.18. The number of aliphatic carboxylic acids is 1. The molecule has 0 saturated carbocycles. The quantitative estimate of drug-likeness (QED) is 0.512. The van der Waals surface area contributed by atoms with E-state index in [0.29, 0.717) is 12.8 Å². The van der Waals surface area contributed by atoms with Gasteiger partial charge in [-0.05, 0) is 12.8 Å². The molecule has 1 fully saturated rings. The standard InChI is InChI=1S/C6H10ClNO3/c7-3-6(11)2-1-4(8-6)5(9)10/h4,8,11H,1-3H2,(H,9,10)/t4-,6?/m0/s1. The predicted molar refractivity (Wildman–Crippen MR) is 39.5 cm³/mol. The van der Waals surface area contributed by atoms with Crippen LogP contribution in [0.4, 0.5) is 0 Å². The fourth-order valence-corrected chi connectivity index (χ4v) is 1.35. The first-order valence-corrected chi connectivity index (χ1v) is 3.90. The van der Waals surface area contributed by atoms with Crippen molar-refractivity contribution >= 4 is 17.6 Å². The first-order chi connectivity index (χ1) is 5.07. The van der Waals surface area contributed by atoms with Crippen LogP contribution in [0.5, 0.6) is 0 Å². The van der Waals surface area contributed by atoms with Gasteiger partial charge in [0.15, 0.2) is 0 Å². The molecule has 5 heteroatoms. The summed E-state index contributed by atoms with van der Waals surface area (Å²) in [5, 5.41) is 20.5. The van der Waals surface area contributed by atoms with Gasteiger partial charge in [0.1, 0.15) is 11.8 Å². The molecule has 1 aliphatic heterocycles. The number of hydrogen-bond donors (Lipinski definition) is 3. The zero-order valence-corrected chi connectivity index (χ0v) is 6.64. The summed E-state index contributed by atoms with van der Waals surface area (Å²) in [6.45, 7) is 0. The summed E-state index contributed by atoms with van der Waals surface area (Å²) in [7, 11) is 0. The molecule has 3 N–H and O–H groups in total. The van der Waals surface area contributed by atoms with Crippen molar-refractivity contribution < 1.29 is 15.0 Å². The number of carboxylic acids is 1. The van der Waals surface area contributed by atoms with Crippen molar-refractivity contribution in [3.8, 4) is 0 Å². The van der Waals surface area contributed by atoms with Gasteiger partial charge >= 0.3 is 5.97 Å². The zero-order valence-electron chi connectivity index (χ0n) is 5.88. The number of aliphatic hydroxyl groups is 1. The van der Waals surface area contributed by atoms with Crippen molar-refractivity contribution in [1.29, 1.82) is 0 Å². The van der Waals surface area contributed by atoms with E-state index in [9.17, 15) is 9.90 Å². The highest BCUT2D eigenvalue weighted by Crippen LogP contribution is 2.21. The van der Waals surface area contributed by atoms with E-state index in [-0.39, 0.29) is 5.88 Å². The average molecular weight is 180 g/mol. The summed E-state index contributed by atoms with van der Waals surface area (Å²) >= 11 is 5.41. The number of carboxylic acid groups (broad SMARTS) is 1. The van der Waals surface area contributed by atoms with Gasteiger partial charge in [0.2, 0.25) is 0 Å². The van der Waals surface area contributed by atoms with Gasteiger partial charge in [-0.15, -0.1) is 11.6 Å². The predicted octanol–water partition coefficient (Wildman–Crippen LogP) is -0.250. The van der Waals surface area contributed by atoms with Crippen LogP contribution >= 0.6 is 11.6 Å². The lowest BCUT2D eigenvalue weighted by atomic mass is 10.2. The van der Waals surface area contributed by atoms with Crippen molar-refractivity contribution in [1.82, 2.24) is 5.32 Å². The first kappa shape index (κ1) is 8.77. The monoisotopic (exact) mass is 179 g/mol. The molecule has 64 valence electrons. The van der Waals surface area contributed by atoms with Crippen LogP contribution in [-0.4, -0.2) is 33.8 Å². The summed E-state index contributed by atoms with van der Waals surface area (Å²) in [5.74, 6) is -0.914. The third kappa shape index (κ3) is 1.83. The molecule has 2 atom stereocenters.